The molecule has 1 N–H and O–H groups in total. The molecule has 3 heterocycles. The molecule has 2 aliphatic heterocycles. The van der Waals surface area contributed by atoms with Gasteiger partial charge in [-0.25, -0.2) is 14.8 Å². The predicted molar refractivity (Wildman–Crippen MR) is 144 cm³/mol. The number of nitrogens with zero attached hydrogens (tertiary/aromatic N) is 5. The third-order valence-electron chi connectivity index (χ3n) is 7.59. The molecular weight excluding hydrogens is 452 g/mol. The Morgan fingerprint density at radius 3 is 2.86 bits per heavy atom. The number of aliphatic imine (C=N–C) groups is 2. The van der Waals surface area contributed by atoms with Crippen LogP contribution in [0.25, 0.3) is 5.57 Å². The molecule has 1 saturated carbocycles. The second-order valence-corrected chi connectivity index (χ2v) is 10.0. The molecule has 5 unspecified atom stereocenters. The SMILES string of the molecule is C=C(C1=CC2C(C=C1)OC(=O)N2C(C)C1CC1)c1nc(C2C=CNC(C)N=C2C)n(CC)c1/N=C\C. The Kier molecular flexibility index (Phi) is 6.45. The molecule has 8 heteroatoms. The molecule has 0 radical (unpaired) electrons. The van der Waals surface area contributed by atoms with Crippen LogP contribution in [-0.2, 0) is 11.3 Å². The van der Waals surface area contributed by atoms with Crippen molar-refractivity contribution in [2.45, 2.75) is 84.3 Å². The average molecular weight is 489 g/mol. The molecule has 0 aromatic carbocycles. The Labute approximate surface area is 213 Å². The molecule has 1 aromatic rings. The zero-order valence-corrected chi connectivity index (χ0v) is 21.8. The number of hydrogen-bond acceptors (Lipinski definition) is 6. The molecule has 1 saturated heterocycles. The predicted octanol–water partition coefficient (Wildman–Crippen LogP) is 5.13. The van der Waals surface area contributed by atoms with E-state index in [-0.39, 0.29) is 36.4 Å². The van der Waals surface area contributed by atoms with Crippen LogP contribution in [-0.4, -0.2) is 56.8 Å². The van der Waals surface area contributed by atoms with Gasteiger partial charge >= 0.3 is 6.09 Å². The quantitative estimate of drug-likeness (QED) is 0.539. The molecule has 4 aliphatic rings. The van der Waals surface area contributed by atoms with E-state index in [9.17, 15) is 4.79 Å². The highest BCUT2D eigenvalue weighted by Gasteiger charge is 2.47. The van der Waals surface area contributed by atoms with Crippen LogP contribution in [0.15, 0.2) is 52.6 Å². The smallest absolute Gasteiger partial charge is 0.411 e. The van der Waals surface area contributed by atoms with Gasteiger partial charge in [0.05, 0.1) is 12.0 Å². The number of allylic oxidation sites excluding steroid dienone is 4. The number of imidazole rings is 1. The highest BCUT2D eigenvalue weighted by molar-refractivity contribution is 5.91. The third kappa shape index (κ3) is 4.22. The van der Waals surface area contributed by atoms with E-state index in [4.69, 9.17) is 19.7 Å². The van der Waals surface area contributed by atoms with Crippen molar-refractivity contribution >= 4 is 29.4 Å². The van der Waals surface area contributed by atoms with E-state index in [2.05, 4.69) is 42.5 Å². The second kappa shape index (κ2) is 9.56. The van der Waals surface area contributed by atoms with Crippen molar-refractivity contribution in [1.29, 1.82) is 0 Å². The van der Waals surface area contributed by atoms with Crippen molar-refractivity contribution in [1.82, 2.24) is 19.8 Å². The Hall–Kier alpha value is -3.42. The summed E-state index contributed by atoms with van der Waals surface area (Å²) in [4.78, 5) is 29.2. The summed E-state index contributed by atoms with van der Waals surface area (Å²) < 4.78 is 7.82. The van der Waals surface area contributed by atoms with E-state index in [0.717, 1.165) is 40.7 Å². The van der Waals surface area contributed by atoms with E-state index in [1.54, 1.807) is 6.21 Å². The van der Waals surface area contributed by atoms with Gasteiger partial charge in [0.15, 0.2) is 5.82 Å². The van der Waals surface area contributed by atoms with Crippen LogP contribution in [0.4, 0.5) is 10.6 Å². The lowest BCUT2D eigenvalue weighted by atomic mass is 9.93. The Balaban J connectivity index is 1.53. The lowest BCUT2D eigenvalue weighted by Crippen LogP contribution is -2.43. The summed E-state index contributed by atoms with van der Waals surface area (Å²) in [5.41, 5.74) is 3.48. The first-order chi connectivity index (χ1) is 17.3. The summed E-state index contributed by atoms with van der Waals surface area (Å²) >= 11 is 0. The summed E-state index contributed by atoms with van der Waals surface area (Å²) in [6.45, 7) is 15.4. The molecule has 1 amide bonds. The summed E-state index contributed by atoms with van der Waals surface area (Å²) in [7, 11) is 0. The molecule has 8 nitrogen and oxygen atoms in total. The van der Waals surface area contributed by atoms with Crippen molar-refractivity contribution in [3.8, 4) is 0 Å². The standard InChI is InChI=1S/C28H36N6O2/c1-7-29-27-25(32-26(33(27)8-2)22-13-14-30-19(6)31-17(22)4)16(3)21-11-12-24-23(15-21)34(28(35)36-24)18(5)20-9-10-20/h7,11-15,18-20,22-24,30H,3,8-10H2,1-2,4-6H3/b29-7-. The fraction of sp³-hybridized carbons (Fsp3) is 0.500. The number of amides is 1. The second-order valence-electron chi connectivity index (χ2n) is 10.0. The number of carbonyl (C=O) groups excluding carboxylic acids is 1. The maximum atomic E-state index is 12.7. The van der Waals surface area contributed by atoms with Crippen molar-refractivity contribution < 1.29 is 9.53 Å². The van der Waals surface area contributed by atoms with Gasteiger partial charge in [0.1, 0.15) is 23.8 Å². The monoisotopic (exact) mass is 488 g/mol. The summed E-state index contributed by atoms with van der Waals surface area (Å²) in [6.07, 6.45) is 13.8. The molecule has 5 rings (SSSR count). The van der Waals surface area contributed by atoms with Crippen LogP contribution in [0.2, 0.25) is 0 Å². The number of carbonyl (C=O) groups is 1. The van der Waals surface area contributed by atoms with E-state index >= 15 is 0 Å². The minimum atomic E-state index is -0.267. The highest BCUT2D eigenvalue weighted by Crippen LogP contribution is 2.41. The number of nitrogens with one attached hydrogen (secondary N) is 1. The number of hydrogen-bond donors (Lipinski definition) is 1. The van der Waals surface area contributed by atoms with Gasteiger partial charge in [-0.3, -0.25) is 9.89 Å². The van der Waals surface area contributed by atoms with Gasteiger partial charge in [-0.15, -0.1) is 0 Å². The summed E-state index contributed by atoms with van der Waals surface area (Å²) in [5, 5.41) is 3.27. The van der Waals surface area contributed by atoms with Crippen LogP contribution in [0.1, 0.15) is 64.9 Å². The molecule has 190 valence electrons. The van der Waals surface area contributed by atoms with E-state index < -0.39 is 0 Å². The van der Waals surface area contributed by atoms with Crippen LogP contribution in [0, 0.1) is 5.92 Å². The van der Waals surface area contributed by atoms with E-state index in [1.807, 2.05) is 44.0 Å². The van der Waals surface area contributed by atoms with Gasteiger partial charge in [-0.2, -0.15) is 0 Å². The first-order valence-corrected chi connectivity index (χ1v) is 13.0. The first-order valence-electron chi connectivity index (χ1n) is 13.0. The molecule has 1 aromatic heterocycles. The van der Waals surface area contributed by atoms with Crippen molar-refractivity contribution in [3.63, 3.8) is 0 Å². The molecule has 2 fully saturated rings. The minimum absolute atomic E-state index is 0.0154. The van der Waals surface area contributed by atoms with Gasteiger partial charge < -0.3 is 14.6 Å². The fourth-order valence-electron chi connectivity index (χ4n) is 5.47. The van der Waals surface area contributed by atoms with Gasteiger partial charge in [0, 0.05) is 30.1 Å². The molecular formula is C28H36N6O2. The number of rotatable bonds is 7. The zero-order valence-electron chi connectivity index (χ0n) is 21.8. The summed E-state index contributed by atoms with van der Waals surface area (Å²) in [5.74, 6) is 2.17. The Morgan fingerprint density at radius 1 is 1.39 bits per heavy atom. The molecule has 2 aliphatic carbocycles. The number of ether oxygens (including phenoxy) is 1. The number of fused-ring (bicyclic) bond motifs is 1. The lowest BCUT2D eigenvalue weighted by molar-refractivity contribution is 0.137. The molecule has 0 bridgehead atoms. The van der Waals surface area contributed by atoms with Crippen molar-refractivity contribution in [2.24, 2.45) is 15.9 Å². The maximum Gasteiger partial charge on any atom is 0.411 e. The van der Waals surface area contributed by atoms with E-state index in [1.165, 1.54) is 12.8 Å². The van der Waals surface area contributed by atoms with Crippen LogP contribution < -0.4 is 5.32 Å². The van der Waals surface area contributed by atoms with Crippen LogP contribution in [0.5, 0.6) is 0 Å². The van der Waals surface area contributed by atoms with Gasteiger partial charge in [0.25, 0.3) is 0 Å². The maximum absolute atomic E-state index is 12.7. The molecule has 36 heavy (non-hydrogen) atoms. The minimum Gasteiger partial charge on any atom is -0.439 e. The number of aromatic nitrogens is 2. The third-order valence-corrected chi connectivity index (χ3v) is 7.59. The Bertz CT molecular complexity index is 1210. The Morgan fingerprint density at radius 2 is 2.17 bits per heavy atom. The molecule has 0 spiro atoms. The van der Waals surface area contributed by atoms with E-state index in [0.29, 0.717) is 5.92 Å². The normalized spacial score (nSPS) is 28.4. The average Bonchev–Trinajstić information content (AvgIpc) is 3.60. The van der Waals surface area contributed by atoms with Crippen molar-refractivity contribution in [3.05, 3.63) is 54.2 Å². The molecule has 5 atom stereocenters. The van der Waals surface area contributed by atoms with Gasteiger partial charge in [-0.05, 0) is 77.3 Å². The van der Waals surface area contributed by atoms with Gasteiger partial charge in [0.2, 0.25) is 0 Å². The zero-order chi connectivity index (χ0) is 25.6. The van der Waals surface area contributed by atoms with Crippen LogP contribution >= 0.6 is 0 Å². The van der Waals surface area contributed by atoms with Crippen molar-refractivity contribution in [2.75, 3.05) is 0 Å². The topological polar surface area (TPSA) is 84.1 Å². The first kappa shape index (κ1) is 24.3. The van der Waals surface area contributed by atoms with Crippen LogP contribution in [0.3, 0.4) is 0 Å². The lowest BCUT2D eigenvalue weighted by Gasteiger charge is -2.29. The summed E-state index contributed by atoms with van der Waals surface area (Å²) in [6, 6.07) is 0.0265. The largest absolute Gasteiger partial charge is 0.439 e. The fourth-order valence-corrected chi connectivity index (χ4v) is 5.47. The van der Waals surface area contributed by atoms with Gasteiger partial charge in [-0.1, -0.05) is 18.7 Å². The highest BCUT2D eigenvalue weighted by atomic mass is 16.6.